The van der Waals surface area contributed by atoms with Crippen molar-refractivity contribution in [2.24, 2.45) is 0 Å². The van der Waals surface area contributed by atoms with Gasteiger partial charge >= 0.3 is 0 Å². The minimum absolute atomic E-state index is 0.171. The minimum Gasteiger partial charge on any atom is -0.207 e. The van der Waals surface area contributed by atoms with Gasteiger partial charge in [-0.3, -0.25) is 0 Å². The van der Waals surface area contributed by atoms with Gasteiger partial charge in [0.2, 0.25) is 0 Å². The third kappa shape index (κ3) is 1.66. The van der Waals surface area contributed by atoms with E-state index in [1.807, 2.05) is 6.07 Å². The molecule has 0 heterocycles. The highest BCUT2D eigenvalue weighted by Crippen LogP contribution is 2.43. The smallest absolute Gasteiger partial charge is 0.124 e. The van der Waals surface area contributed by atoms with Crippen LogP contribution < -0.4 is 0 Å². The summed E-state index contributed by atoms with van der Waals surface area (Å²) in [6, 6.07) is 4.76. The molecule has 0 atom stereocenters. The molecular weight excluding hydrogens is 199 g/mol. The quantitative estimate of drug-likeness (QED) is 0.651. The van der Waals surface area contributed by atoms with Crippen molar-refractivity contribution in [1.82, 2.24) is 0 Å². The zero-order valence-electron chi connectivity index (χ0n) is 8.32. The van der Waals surface area contributed by atoms with Crippen molar-refractivity contribution in [1.29, 1.82) is 0 Å². The molecule has 0 N–H and O–H groups in total. The Labute approximate surface area is 89.1 Å². The summed E-state index contributed by atoms with van der Waals surface area (Å²) in [5, 5.41) is 0.578. The average Bonchev–Trinajstić information content (AvgIpc) is 2.52. The molecule has 0 spiro atoms. The van der Waals surface area contributed by atoms with E-state index in [2.05, 4.69) is 6.92 Å². The monoisotopic (exact) mass is 212 g/mol. The molecule has 14 heavy (non-hydrogen) atoms. The van der Waals surface area contributed by atoms with E-state index in [-0.39, 0.29) is 11.2 Å². The average molecular weight is 213 g/mol. The molecule has 0 radical (unpaired) electrons. The zero-order chi connectivity index (χ0) is 10.2. The lowest BCUT2D eigenvalue weighted by molar-refractivity contribution is 0.490. The van der Waals surface area contributed by atoms with E-state index < -0.39 is 0 Å². The molecule has 0 aromatic heterocycles. The fourth-order valence-electron chi connectivity index (χ4n) is 2.40. The summed E-state index contributed by atoms with van der Waals surface area (Å²) in [6.07, 6.45) is 4.84. The van der Waals surface area contributed by atoms with Gasteiger partial charge in [0.15, 0.2) is 0 Å². The first kappa shape index (κ1) is 9.97. The van der Waals surface area contributed by atoms with Gasteiger partial charge in [-0.15, -0.1) is 0 Å². The van der Waals surface area contributed by atoms with Gasteiger partial charge in [0.25, 0.3) is 0 Å². The van der Waals surface area contributed by atoms with Gasteiger partial charge in [-0.1, -0.05) is 37.4 Å². The number of rotatable bonds is 1. The Morgan fingerprint density at radius 1 is 1.29 bits per heavy atom. The van der Waals surface area contributed by atoms with Crippen molar-refractivity contribution in [3.63, 3.8) is 0 Å². The molecule has 0 unspecified atom stereocenters. The van der Waals surface area contributed by atoms with E-state index >= 15 is 0 Å². The summed E-state index contributed by atoms with van der Waals surface area (Å²) in [5.41, 5.74) is 1.28. The van der Waals surface area contributed by atoms with Crippen LogP contribution in [-0.2, 0) is 5.41 Å². The lowest BCUT2D eigenvalue weighted by atomic mass is 9.81. The van der Waals surface area contributed by atoms with Crippen molar-refractivity contribution >= 4 is 11.6 Å². The summed E-state index contributed by atoms with van der Waals surface area (Å²) >= 11 is 6.06. The highest BCUT2D eigenvalue weighted by molar-refractivity contribution is 6.31. The molecule has 2 heteroatoms. The molecule has 0 nitrogen and oxygen atoms in total. The Morgan fingerprint density at radius 2 is 1.93 bits per heavy atom. The van der Waals surface area contributed by atoms with Crippen LogP contribution in [0, 0.1) is 5.82 Å². The van der Waals surface area contributed by atoms with E-state index in [4.69, 9.17) is 11.6 Å². The van der Waals surface area contributed by atoms with E-state index in [0.29, 0.717) is 5.02 Å². The molecule has 1 aromatic rings. The maximum absolute atomic E-state index is 12.9. The van der Waals surface area contributed by atoms with Crippen LogP contribution in [0.4, 0.5) is 4.39 Å². The first-order chi connectivity index (χ1) is 6.62. The van der Waals surface area contributed by atoms with Crippen LogP contribution in [0.1, 0.15) is 38.2 Å². The van der Waals surface area contributed by atoms with Gasteiger partial charge in [-0.05, 0) is 36.0 Å². The number of hydrogen-bond acceptors (Lipinski definition) is 0. The predicted molar refractivity (Wildman–Crippen MR) is 57.2 cm³/mol. The van der Waals surface area contributed by atoms with E-state index in [1.54, 1.807) is 0 Å². The summed E-state index contributed by atoms with van der Waals surface area (Å²) in [6.45, 7) is 2.22. The number of hydrogen-bond donors (Lipinski definition) is 0. The Bertz CT molecular complexity index is 340. The second kappa shape index (κ2) is 3.54. The second-order valence-corrected chi connectivity index (χ2v) is 4.80. The summed E-state index contributed by atoms with van der Waals surface area (Å²) in [7, 11) is 0. The summed E-state index contributed by atoms with van der Waals surface area (Å²) in [4.78, 5) is 0. The fourth-order valence-corrected chi connectivity index (χ4v) is 2.80. The molecule has 76 valence electrons. The Morgan fingerprint density at radius 3 is 2.50 bits per heavy atom. The first-order valence-electron chi connectivity index (χ1n) is 5.07. The van der Waals surface area contributed by atoms with Crippen LogP contribution in [0.15, 0.2) is 18.2 Å². The molecule has 0 saturated heterocycles. The highest BCUT2D eigenvalue weighted by atomic mass is 35.5. The van der Waals surface area contributed by atoms with Crippen LogP contribution in [0.3, 0.4) is 0 Å². The molecule has 1 fully saturated rings. The maximum atomic E-state index is 12.9. The van der Waals surface area contributed by atoms with Gasteiger partial charge in [0, 0.05) is 5.02 Å². The SMILES string of the molecule is CC1(c2ccc(F)cc2Cl)CCCC1. The molecule has 2 rings (SSSR count). The third-order valence-corrected chi connectivity index (χ3v) is 3.60. The Balaban J connectivity index is 2.40. The molecule has 0 bridgehead atoms. The van der Waals surface area contributed by atoms with E-state index in [1.165, 1.54) is 37.8 Å². The normalized spacial score (nSPS) is 19.9. The topological polar surface area (TPSA) is 0 Å². The molecule has 1 saturated carbocycles. The van der Waals surface area contributed by atoms with Gasteiger partial charge in [0.05, 0.1) is 0 Å². The summed E-state index contributed by atoms with van der Waals surface area (Å²) in [5.74, 6) is -0.250. The molecular formula is C12H14ClF. The predicted octanol–water partition coefficient (Wildman–Crippen LogP) is 4.31. The van der Waals surface area contributed by atoms with E-state index in [9.17, 15) is 4.39 Å². The van der Waals surface area contributed by atoms with Crippen LogP contribution >= 0.6 is 11.6 Å². The fraction of sp³-hybridized carbons (Fsp3) is 0.500. The van der Waals surface area contributed by atoms with Crippen molar-refractivity contribution in [3.8, 4) is 0 Å². The molecule has 0 amide bonds. The molecule has 1 aromatic carbocycles. The minimum atomic E-state index is -0.250. The van der Waals surface area contributed by atoms with Crippen molar-refractivity contribution in [2.75, 3.05) is 0 Å². The van der Waals surface area contributed by atoms with E-state index in [0.717, 1.165) is 5.56 Å². The van der Waals surface area contributed by atoms with Crippen LogP contribution in [-0.4, -0.2) is 0 Å². The zero-order valence-corrected chi connectivity index (χ0v) is 9.07. The van der Waals surface area contributed by atoms with Crippen molar-refractivity contribution in [3.05, 3.63) is 34.6 Å². The maximum Gasteiger partial charge on any atom is 0.124 e. The first-order valence-corrected chi connectivity index (χ1v) is 5.45. The summed E-state index contributed by atoms with van der Waals surface area (Å²) < 4.78 is 12.9. The highest BCUT2D eigenvalue weighted by Gasteiger charge is 2.32. The molecule has 1 aliphatic carbocycles. The standard InChI is InChI=1S/C12H14ClF/c1-12(6-2-3-7-12)10-5-4-9(14)8-11(10)13/h4-5,8H,2-3,6-7H2,1H3. The largest absolute Gasteiger partial charge is 0.207 e. The molecule has 1 aliphatic rings. The van der Waals surface area contributed by atoms with Crippen LogP contribution in [0.25, 0.3) is 0 Å². The van der Waals surface area contributed by atoms with Crippen LogP contribution in [0.5, 0.6) is 0 Å². The lowest BCUT2D eigenvalue weighted by Gasteiger charge is -2.25. The van der Waals surface area contributed by atoms with Gasteiger partial charge in [0.1, 0.15) is 5.82 Å². The van der Waals surface area contributed by atoms with Gasteiger partial charge in [-0.2, -0.15) is 0 Å². The Hall–Kier alpha value is -0.560. The lowest BCUT2D eigenvalue weighted by Crippen LogP contribution is -2.17. The number of benzene rings is 1. The van der Waals surface area contributed by atoms with Crippen LogP contribution in [0.2, 0.25) is 5.02 Å². The van der Waals surface area contributed by atoms with Gasteiger partial charge < -0.3 is 0 Å². The second-order valence-electron chi connectivity index (χ2n) is 4.39. The van der Waals surface area contributed by atoms with Crippen molar-refractivity contribution in [2.45, 2.75) is 38.0 Å². The third-order valence-electron chi connectivity index (χ3n) is 3.29. The molecule has 0 aliphatic heterocycles. The van der Waals surface area contributed by atoms with Crippen molar-refractivity contribution < 1.29 is 4.39 Å². The van der Waals surface area contributed by atoms with Gasteiger partial charge in [-0.25, -0.2) is 4.39 Å². The Kier molecular flexibility index (Phi) is 2.52. The number of halogens is 2.